The van der Waals surface area contributed by atoms with Crippen molar-refractivity contribution < 1.29 is 14.3 Å². The van der Waals surface area contributed by atoms with E-state index in [2.05, 4.69) is 5.32 Å². The summed E-state index contributed by atoms with van der Waals surface area (Å²) >= 11 is 0. The normalized spacial score (nSPS) is 10.3. The molecular weight excluding hydrogens is 308 g/mol. The molecule has 0 unspecified atom stereocenters. The van der Waals surface area contributed by atoms with E-state index in [1.807, 2.05) is 19.9 Å². The van der Waals surface area contributed by atoms with Crippen molar-refractivity contribution in [1.82, 2.24) is 9.88 Å². The number of pyridine rings is 1. The minimum absolute atomic E-state index is 0.157. The molecule has 0 atom stereocenters. The summed E-state index contributed by atoms with van der Waals surface area (Å²) < 4.78 is 12.1. The van der Waals surface area contributed by atoms with E-state index in [0.717, 1.165) is 5.69 Å². The Morgan fingerprint density at radius 2 is 2.00 bits per heavy atom. The van der Waals surface area contributed by atoms with Crippen LogP contribution in [-0.2, 0) is 6.54 Å². The maximum Gasteiger partial charge on any atom is 0.255 e. The van der Waals surface area contributed by atoms with Crippen LogP contribution in [0.4, 0.5) is 0 Å². The van der Waals surface area contributed by atoms with Gasteiger partial charge in [0.15, 0.2) is 0 Å². The molecule has 0 saturated heterocycles. The lowest BCUT2D eigenvalue weighted by molar-refractivity contribution is 0.0948. The minimum atomic E-state index is -0.224. The highest BCUT2D eigenvalue weighted by Crippen LogP contribution is 2.17. The number of ether oxygens (including phenoxy) is 2. The molecule has 0 saturated carbocycles. The summed E-state index contributed by atoms with van der Waals surface area (Å²) in [5.74, 6) is 0.858. The molecule has 6 nitrogen and oxygen atoms in total. The number of nitrogens with one attached hydrogen (secondary N) is 1. The number of nitrogens with zero attached hydrogens (tertiary/aromatic N) is 1. The maximum absolute atomic E-state index is 12.3. The largest absolute Gasteiger partial charge is 0.496 e. The van der Waals surface area contributed by atoms with Crippen LogP contribution < -0.4 is 20.3 Å². The Morgan fingerprint density at radius 1 is 1.25 bits per heavy atom. The lowest BCUT2D eigenvalue weighted by atomic mass is 10.2. The Labute approximate surface area is 141 Å². The number of aromatic nitrogens is 1. The lowest BCUT2D eigenvalue weighted by Gasteiger charge is -2.13. The fourth-order valence-electron chi connectivity index (χ4n) is 2.42. The topological polar surface area (TPSA) is 69.6 Å². The quantitative estimate of drug-likeness (QED) is 0.843. The second kappa shape index (κ2) is 8.19. The maximum atomic E-state index is 12.3. The van der Waals surface area contributed by atoms with E-state index in [0.29, 0.717) is 36.8 Å². The number of hydrogen-bond donors (Lipinski definition) is 1. The minimum Gasteiger partial charge on any atom is -0.496 e. The number of hydrogen-bond acceptors (Lipinski definition) is 4. The van der Waals surface area contributed by atoms with Crippen LogP contribution in [0.3, 0.4) is 0 Å². The number of benzene rings is 1. The molecule has 1 N–H and O–H groups in total. The molecule has 1 heterocycles. The van der Waals surface area contributed by atoms with Gasteiger partial charge in [0.1, 0.15) is 11.5 Å². The van der Waals surface area contributed by atoms with Gasteiger partial charge in [-0.2, -0.15) is 0 Å². The van der Waals surface area contributed by atoms with Crippen LogP contribution in [0.15, 0.2) is 41.2 Å². The van der Waals surface area contributed by atoms with Gasteiger partial charge in [0.2, 0.25) is 0 Å². The first-order chi connectivity index (χ1) is 11.6. The molecule has 1 aromatic heterocycles. The lowest BCUT2D eigenvalue weighted by Crippen LogP contribution is -2.31. The van der Waals surface area contributed by atoms with Crippen molar-refractivity contribution in [2.24, 2.45) is 0 Å². The molecule has 0 spiro atoms. The number of aryl methyl sites for hydroxylation is 1. The summed E-state index contributed by atoms with van der Waals surface area (Å²) in [7, 11) is 1.52. The van der Waals surface area contributed by atoms with Gasteiger partial charge in [0.25, 0.3) is 11.5 Å². The average Bonchev–Trinajstić information content (AvgIpc) is 2.57. The van der Waals surface area contributed by atoms with Gasteiger partial charge in [-0.25, -0.2) is 0 Å². The van der Waals surface area contributed by atoms with E-state index in [-0.39, 0.29) is 11.5 Å². The van der Waals surface area contributed by atoms with Crippen LogP contribution in [-0.4, -0.2) is 30.7 Å². The van der Waals surface area contributed by atoms with Crippen molar-refractivity contribution >= 4 is 5.91 Å². The second-order valence-corrected chi connectivity index (χ2v) is 5.21. The Hall–Kier alpha value is -2.76. The Bertz CT molecular complexity index is 768. The molecule has 2 rings (SSSR count). The highest BCUT2D eigenvalue weighted by atomic mass is 16.5. The van der Waals surface area contributed by atoms with Crippen LogP contribution in [0.25, 0.3) is 0 Å². The molecule has 0 aliphatic carbocycles. The third-order valence-corrected chi connectivity index (χ3v) is 3.60. The molecule has 0 aliphatic heterocycles. The van der Waals surface area contributed by atoms with Gasteiger partial charge in [0.05, 0.1) is 19.3 Å². The number of methoxy groups -OCH3 is 1. The predicted molar refractivity (Wildman–Crippen MR) is 91.9 cm³/mol. The van der Waals surface area contributed by atoms with Gasteiger partial charge in [-0.15, -0.1) is 0 Å². The van der Waals surface area contributed by atoms with E-state index in [1.54, 1.807) is 28.8 Å². The predicted octanol–water partition coefficient (Wildman–Crippen LogP) is 1.99. The van der Waals surface area contributed by atoms with E-state index in [9.17, 15) is 9.59 Å². The molecule has 0 radical (unpaired) electrons. The zero-order chi connectivity index (χ0) is 17.5. The fraction of sp³-hybridized carbons (Fsp3) is 0.333. The van der Waals surface area contributed by atoms with Crippen LogP contribution in [0.5, 0.6) is 11.5 Å². The van der Waals surface area contributed by atoms with Crippen LogP contribution in [0.1, 0.15) is 23.0 Å². The first kappa shape index (κ1) is 17.6. The van der Waals surface area contributed by atoms with Crippen LogP contribution in [0.2, 0.25) is 0 Å². The van der Waals surface area contributed by atoms with Crippen molar-refractivity contribution in [3.63, 3.8) is 0 Å². The third kappa shape index (κ3) is 4.16. The van der Waals surface area contributed by atoms with Gasteiger partial charge in [-0.1, -0.05) is 12.1 Å². The molecule has 128 valence electrons. The molecule has 1 amide bonds. The first-order valence-corrected chi connectivity index (χ1v) is 7.82. The van der Waals surface area contributed by atoms with Gasteiger partial charge >= 0.3 is 0 Å². The molecule has 0 bridgehead atoms. The van der Waals surface area contributed by atoms with E-state index in [4.69, 9.17) is 9.47 Å². The fourth-order valence-corrected chi connectivity index (χ4v) is 2.42. The molecule has 0 fully saturated rings. The van der Waals surface area contributed by atoms with Gasteiger partial charge in [-0.3, -0.25) is 9.59 Å². The highest BCUT2D eigenvalue weighted by molar-refractivity contribution is 5.96. The molecule has 1 aromatic carbocycles. The summed E-state index contributed by atoms with van der Waals surface area (Å²) in [5, 5.41) is 2.82. The summed E-state index contributed by atoms with van der Waals surface area (Å²) in [4.78, 5) is 24.4. The summed E-state index contributed by atoms with van der Waals surface area (Å²) in [6, 6.07) is 10.3. The van der Waals surface area contributed by atoms with Crippen molar-refractivity contribution in [2.45, 2.75) is 20.4 Å². The standard InChI is InChI=1S/C18H22N2O4/c1-4-24-16-8-6-5-7-15(16)18(22)19-9-10-20-13(2)11-14(23-3)12-17(20)21/h5-8,11-12H,4,9-10H2,1-3H3,(H,19,22). The van der Waals surface area contributed by atoms with Gasteiger partial charge < -0.3 is 19.4 Å². The Morgan fingerprint density at radius 3 is 2.67 bits per heavy atom. The average molecular weight is 330 g/mol. The molecule has 2 aromatic rings. The SMILES string of the molecule is CCOc1ccccc1C(=O)NCCn1c(C)cc(OC)cc1=O. The number of amides is 1. The van der Waals surface area contributed by atoms with Crippen LogP contribution >= 0.6 is 0 Å². The zero-order valence-electron chi connectivity index (χ0n) is 14.2. The Kier molecular flexibility index (Phi) is 6.01. The van der Waals surface area contributed by atoms with Crippen molar-refractivity contribution in [1.29, 1.82) is 0 Å². The Balaban J connectivity index is 2.02. The number of carbonyl (C=O) groups excluding carboxylic acids is 1. The van der Waals surface area contributed by atoms with E-state index < -0.39 is 0 Å². The first-order valence-electron chi connectivity index (χ1n) is 7.82. The van der Waals surface area contributed by atoms with Gasteiger partial charge in [0, 0.05) is 24.8 Å². The highest BCUT2D eigenvalue weighted by Gasteiger charge is 2.11. The molecule has 24 heavy (non-hydrogen) atoms. The smallest absolute Gasteiger partial charge is 0.255 e. The third-order valence-electron chi connectivity index (χ3n) is 3.60. The second-order valence-electron chi connectivity index (χ2n) is 5.21. The monoisotopic (exact) mass is 330 g/mol. The van der Waals surface area contributed by atoms with Crippen molar-refractivity contribution in [3.8, 4) is 11.5 Å². The van der Waals surface area contributed by atoms with E-state index in [1.165, 1.54) is 13.2 Å². The number of carbonyl (C=O) groups is 1. The number of para-hydroxylation sites is 1. The molecule has 0 aliphatic rings. The number of rotatable bonds is 7. The summed E-state index contributed by atoms with van der Waals surface area (Å²) in [5.41, 5.74) is 1.11. The van der Waals surface area contributed by atoms with Gasteiger partial charge in [-0.05, 0) is 32.0 Å². The molecular formula is C18H22N2O4. The zero-order valence-corrected chi connectivity index (χ0v) is 14.2. The van der Waals surface area contributed by atoms with Crippen molar-refractivity contribution in [3.05, 3.63) is 58.0 Å². The summed E-state index contributed by atoms with van der Waals surface area (Å²) in [6.45, 7) is 4.91. The van der Waals surface area contributed by atoms with E-state index >= 15 is 0 Å². The molecule has 6 heteroatoms. The summed E-state index contributed by atoms with van der Waals surface area (Å²) in [6.07, 6.45) is 0. The van der Waals surface area contributed by atoms with Crippen molar-refractivity contribution in [2.75, 3.05) is 20.3 Å². The van der Waals surface area contributed by atoms with Crippen LogP contribution in [0, 0.1) is 6.92 Å².